The summed E-state index contributed by atoms with van der Waals surface area (Å²) in [6, 6.07) is 14.0. The maximum Gasteiger partial charge on any atom is 0.332 e. The number of ketones is 1. The molecule has 0 saturated carbocycles. The number of hydrogen-bond acceptors (Lipinski definition) is 24. The number of nitriles is 7. The first-order valence-electron chi connectivity index (χ1n) is 27.2. The number of nitrogens with zero attached hydrogens (tertiary/aromatic N) is 23. The standard InChI is InChI=1S/C18H24N10O.C13H15N9.C8H15N3.C7H11NO.C5H10ClNO.C5H3N5/c1-7-27(8-2)17(29)28-12(10-20)11(9-19)22-16(28)24-23-13-14(18(3,4)5)25-26(6)15(13)21;1-13(2,3)10-9(11(16)22(4)21-10)19-20-12-17-7(5-14)8(6-15)18-12;1-8(2,3)6-5-7(9)11(4)10-6;1-7(2,3)6(9)4-5-8;1-3-7(4-2)5(6)8;6-1-3-4(2-7)10-5(8)9-3/h7-8,21H2,1-6H3;16H2,1-4H3,(H,17,18);5H,9H2,1-4H3;4H2,1-3H3;3-4H2,1-2H3;(H3,8,9,10). The summed E-state index contributed by atoms with van der Waals surface area (Å²) < 4.78 is 5.71. The van der Waals surface area contributed by atoms with Crippen LogP contribution in [0.1, 0.15) is 168 Å². The van der Waals surface area contributed by atoms with Gasteiger partial charge in [0.1, 0.15) is 53.9 Å². The number of nitrogens with one attached hydrogen (secondary N) is 2. The van der Waals surface area contributed by atoms with Crippen LogP contribution in [-0.2, 0) is 42.2 Å². The Kier molecular flexibility index (Phi) is 28.2. The Labute approximate surface area is 522 Å². The SMILES string of the molecule is CC(C)(C)C(=O)CC#N.CCN(CC)C(=O)Cl.CCN(CC)C(=O)n1c(N=Nc2c(C(C)(C)C)nn(C)c2N)nc(C#N)c1C#N.Cn1nc(C(C)(C)C)c(N=Nc2nc(C#N)c(C#N)[nH]2)c1N.Cn1nc(C(C)(C)C)cc1N.N#Cc1nc(N)[nH]c1C#N. The first kappa shape index (κ1) is 76.0. The number of aromatic nitrogens is 12. The highest BCUT2D eigenvalue weighted by molar-refractivity contribution is 6.62. The molecule has 0 radical (unpaired) electrons. The predicted octanol–water partition coefficient (Wildman–Crippen LogP) is 9.38. The number of carbonyl (C=O) groups is 3. The highest BCUT2D eigenvalue weighted by Gasteiger charge is 2.29. The molecular formula is C56H78ClN29O3. The minimum atomic E-state index is -0.510. The van der Waals surface area contributed by atoms with Gasteiger partial charge in [-0.2, -0.15) is 62.1 Å². The fraction of sp³-hybridized carbons (Fsp3) is 0.500. The molecule has 89 heavy (non-hydrogen) atoms. The largest absolute Gasteiger partial charge is 0.384 e. The zero-order valence-corrected chi connectivity index (χ0v) is 54.6. The maximum absolute atomic E-state index is 12.9. The van der Waals surface area contributed by atoms with Crippen LogP contribution < -0.4 is 22.9 Å². The third-order valence-electron chi connectivity index (χ3n) is 12.0. The van der Waals surface area contributed by atoms with Gasteiger partial charge in [-0.25, -0.2) is 14.3 Å². The zero-order valence-electron chi connectivity index (χ0n) is 53.8. The average molecular weight is 1240 g/mol. The van der Waals surface area contributed by atoms with E-state index >= 15 is 0 Å². The van der Waals surface area contributed by atoms with Crippen LogP contribution in [0.15, 0.2) is 26.5 Å². The van der Waals surface area contributed by atoms with Crippen molar-refractivity contribution in [1.29, 1.82) is 36.8 Å². The second kappa shape index (κ2) is 33.0. The molecule has 32 nitrogen and oxygen atoms in total. The van der Waals surface area contributed by atoms with Crippen molar-refractivity contribution in [3.05, 3.63) is 57.3 Å². The van der Waals surface area contributed by atoms with Gasteiger partial charge >= 0.3 is 11.4 Å². The molecule has 0 spiro atoms. The van der Waals surface area contributed by atoms with Crippen molar-refractivity contribution in [3.63, 3.8) is 0 Å². The molecule has 0 aliphatic rings. The number of nitrogen functional groups attached to an aromatic ring is 4. The predicted molar refractivity (Wildman–Crippen MR) is 332 cm³/mol. The molecule has 0 aliphatic heterocycles. The number of amides is 2. The van der Waals surface area contributed by atoms with Gasteiger partial charge in [0, 0.05) is 75.0 Å². The van der Waals surface area contributed by atoms with Crippen LogP contribution in [0.4, 0.5) is 56.3 Å². The van der Waals surface area contributed by atoms with E-state index in [0.717, 1.165) is 16.1 Å². The fourth-order valence-corrected chi connectivity index (χ4v) is 6.94. The van der Waals surface area contributed by atoms with Crippen molar-refractivity contribution in [2.24, 2.45) is 47.0 Å². The van der Waals surface area contributed by atoms with Crippen molar-refractivity contribution in [1.82, 2.24) is 68.6 Å². The Bertz CT molecular complexity index is 3710. The number of nitrogens with two attached hydrogens (primary N) is 4. The van der Waals surface area contributed by atoms with Crippen molar-refractivity contribution in [2.75, 3.05) is 49.1 Å². The van der Waals surface area contributed by atoms with Gasteiger partial charge in [0.25, 0.3) is 5.95 Å². The Morgan fingerprint density at radius 3 is 1.33 bits per heavy atom. The first-order chi connectivity index (χ1) is 41.3. The molecule has 2 amide bonds. The number of aryl methyl sites for hydroxylation is 3. The number of rotatable bonds is 9. The van der Waals surface area contributed by atoms with Crippen LogP contribution >= 0.6 is 11.6 Å². The lowest BCUT2D eigenvalue weighted by molar-refractivity contribution is -0.125. The number of anilines is 4. The van der Waals surface area contributed by atoms with Crippen LogP contribution in [0.3, 0.4) is 0 Å². The van der Waals surface area contributed by atoms with Gasteiger partial charge < -0.3 is 42.7 Å². The lowest BCUT2D eigenvalue weighted by Crippen LogP contribution is -2.34. The van der Waals surface area contributed by atoms with Crippen molar-refractivity contribution >= 4 is 75.5 Å². The summed E-state index contributed by atoms with van der Waals surface area (Å²) in [5.41, 5.74) is 24.9. The monoisotopic (exact) mass is 1240 g/mol. The smallest absolute Gasteiger partial charge is 0.332 e. The van der Waals surface area contributed by atoms with E-state index in [1.165, 1.54) is 14.3 Å². The minimum absolute atomic E-state index is 0.00463. The number of halogens is 1. The molecule has 0 aromatic carbocycles. The van der Waals surface area contributed by atoms with E-state index in [4.69, 9.17) is 60.8 Å². The normalized spacial score (nSPS) is 10.8. The molecule has 0 saturated heterocycles. The van der Waals surface area contributed by atoms with E-state index in [1.807, 2.05) is 133 Å². The molecule has 6 rings (SSSR count). The van der Waals surface area contributed by atoms with Gasteiger partial charge in [-0.05, 0) is 39.3 Å². The van der Waals surface area contributed by atoms with Gasteiger partial charge in [-0.3, -0.25) is 23.6 Å². The van der Waals surface area contributed by atoms with Crippen LogP contribution in [-0.4, -0.2) is 112 Å². The summed E-state index contributed by atoms with van der Waals surface area (Å²) in [7, 11) is 5.26. The van der Waals surface area contributed by atoms with E-state index in [2.05, 4.69) is 81.4 Å². The number of H-pyrrole nitrogens is 2. The summed E-state index contributed by atoms with van der Waals surface area (Å²) in [5, 5.41) is 90.2. The van der Waals surface area contributed by atoms with Crippen LogP contribution in [0, 0.1) is 84.7 Å². The van der Waals surface area contributed by atoms with Gasteiger partial charge in [-0.1, -0.05) is 83.1 Å². The molecule has 6 heterocycles. The van der Waals surface area contributed by atoms with Crippen molar-refractivity contribution < 1.29 is 14.4 Å². The summed E-state index contributed by atoms with van der Waals surface area (Å²) in [5.74, 6) is 1.39. The van der Waals surface area contributed by atoms with E-state index in [-0.39, 0.29) is 91.2 Å². The number of hydrogen-bond donors (Lipinski definition) is 6. The number of azo groups is 2. The van der Waals surface area contributed by atoms with E-state index in [0.29, 0.717) is 60.6 Å². The Morgan fingerprint density at radius 1 is 0.573 bits per heavy atom. The average Bonchev–Trinajstić information content (AvgIpc) is 1.84. The number of carbonyl (C=O) groups excluding carboxylic acids is 3. The third-order valence-corrected chi connectivity index (χ3v) is 12.2. The van der Waals surface area contributed by atoms with Gasteiger partial charge in [0.2, 0.25) is 5.95 Å². The topological polar surface area (TPSA) is 506 Å². The van der Waals surface area contributed by atoms with E-state index in [9.17, 15) is 24.9 Å². The Hall–Kier alpha value is -11.0. The Balaban J connectivity index is 0.000000577. The quantitative estimate of drug-likeness (QED) is 0.0445. The number of Topliss-reactive ketones (excluding diaryl/α,β-unsaturated/α-hetero) is 1. The highest BCUT2D eigenvalue weighted by atomic mass is 35.5. The van der Waals surface area contributed by atoms with E-state index < -0.39 is 6.03 Å². The summed E-state index contributed by atoms with van der Waals surface area (Å²) in [4.78, 5) is 53.5. The molecule has 0 unspecified atom stereocenters. The molecule has 0 atom stereocenters. The molecule has 6 aromatic heterocycles. The minimum Gasteiger partial charge on any atom is -0.384 e. The maximum atomic E-state index is 12.9. The molecule has 10 N–H and O–H groups in total. The molecule has 0 bridgehead atoms. The molecule has 6 aromatic rings. The molecule has 0 aliphatic carbocycles. The number of aromatic amines is 2. The van der Waals surface area contributed by atoms with Gasteiger partial charge in [-0.15, -0.1) is 20.5 Å². The molecule has 0 fully saturated rings. The third kappa shape index (κ3) is 21.5. The van der Waals surface area contributed by atoms with Crippen molar-refractivity contribution in [2.45, 2.75) is 133 Å². The Morgan fingerprint density at radius 2 is 1.02 bits per heavy atom. The van der Waals surface area contributed by atoms with Crippen LogP contribution in [0.25, 0.3) is 0 Å². The number of imidazole rings is 3. The molecule has 33 heteroatoms. The van der Waals surface area contributed by atoms with Gasteiger partial charge in [0.15, 0.2) is 57.3 Å². The molecular weight excluding hydrogens is 1160 g/mol. The zero-order chi connectivity index (χ0) is 68.7. The summed E-state index contributed by atoms with van der Waals surface area (Å²) in [6.07, 6.45) is 0.0312. The lowest BCUT2D eigenvalue weighted by Gasteiger charge is -2.19. The van der Waals surface area contributed by atoms with Gasteiger partial charge in [0.05, 0.1) is 29.6 Å². The van der Waals surface area contributed by atoms with Crippen LogP contribution in [0.2, 0.25) is 0 Å². The fourth-order valence-electron chi connectivity index (χ4n) is 6.71. The van der Waals surface area contributed by atoms with E-state index in [1.54, 1.807) is 35.8 Å². The van der Waals surface area contributed by atoms with Crippen LogP contribution in [0.5, 0.6) is 0 Å². The summed E-state index contributed by atoms with van der Waals surface area (Å²) in [6.45, 7) is 33.3. The van der Waals surface area contributed by atoms with Crippen molar-refractivity contribution in [3.8, 4) is 42.5 Å². The lowest BCUT2D eigenvalue weighted by atomic mass is 9.89. The summed E-state index contributed by atoms with van der Waals surface area (Å²) >= 11 is 5.13. The second-order valence-corrected chi connectivity index (χ2v) is 23.1. The highest BCUT2D eigenvalue weighted by Crippen LogP contribution is 2.37. The molecule has 472 valence electrons. The first-order valence-corrected chi connectivity index (χ1v) is 27.6. The second-order valence-electron chi connectivity index (χ2n) is 22.8.